The Kier molecular flexibility index (Phi) is 3.77. The van der Waals surface area contributed by atoms with Gasteiger partial charge in [-0.2, -0.15) is 0 Å². The number of amides is 1. The first-order chi connectivity index (χ1) is 8.25. The van der Waals surface area contributed by atoms with Crippen LogP contribution in [0.15, 0.2) is 35.9 Å². The maximum absolute atomic E-state index is 11.8. The maximum atomic E-state index is 11.8. The predicted octanol–water partition coefficient (Wildman–Crippen LogP) is 1.04. The van der Waals surface area contributed by atoms with Gasteiger partial charge < -0.3 is 15.7 Å². The van der Waals surface area contributed by atoms with Gasteiger partial charge in [-0.05, 0) is 37.2 Å². The second-order valence-corrected chi connectivity index (χ2v) is 4.05. The third-order valence-corrected chi connectivity index (χ3v) is 2.76. The highest BCUT2D eigenvalue weighted by atomic mass is 16.3. The molecule has 0 aliphatic carbocycles. The summed E-state index contributed by atoms with van der Waals surface area (Å²) >= 11 is 0. The van der Waals surface area contributed by atoms with Crippen molar-refractivity contribution in [2.45, 2.75) is 6.42 Å². The molecular weight excluding hydrogens is 216 g/mol. The summed E-state index contributed by atoms with van der Waals surface area (Å²) in [6.07, 6.45) is 3.09. The van der Waals surface area contributed by atoms with Crippen molar-refractivity contribution in [2.75, 3.05) is 19.6 Å². The first kappa shape index (κ1) is 11.7. The van der Waals surface area contributed by atoms with Crippen LogP contribution in [-0.2, 0) is 0 Å². The third kappa shape index (κ3) is 3.32. The van der Waals surface area contributed by atoms with Gasteiger partial charge >= 0.3 is 0 Å². The van der Waals surface area contributed by atoms with Gasteiger partial charge in [0, 0.05) is 18.7 Å². The van der Waals surface area contributed by atoms with Gasteiger partial charge in [0.05, 0.1) is 0 Å². The van der Waals surface area contributed by atoms with Gasteiger partial charge in [-0.15, -0.1) is 0 Å². The van der Waals surface area contributed by atoms with E-state index in [1.807, 2.05) is 0 Å². The van der Waals surface area contributed by atoms with Crippen LogP contribution in [0.1, 0.15) is 16.8 Å². The normalized spacial score (nSPS) is 15.2. The molecule has 1 aromatic rings. The van der Waals surface area contributed by atoms with Crippen molar-refractivity contribution in [1.82, 2.24) is 10.6 Å². The molecule has 0 spiro atoms. The molecule has 3 N–H and O–H groups in total. The summed E-state index contributed by atoms with van der Waals surface area (Å²) in [5, 5.41) is 15.2. The Hall–Kier alpha value is -1.81. The highest BCUT2D eigenvalue weighted by Gasteiger charge is 2.07. The Bertz CT molecular complexity index is 424. The minimum absolute atomic E-state index is 0.107. The second kappa shape index (κ2) is 5.50. The van der Waals surface area contributed by atoms with Crippen LogP contribution in [0.3, 0.4) is 0 Å². The molecule has 0 saturated carbocycles. The molecule has 0 radical (unpaired) electrons. The molecule has 2 rings (SSSR count). The van der Waals surface area contributed by atoms with Crippen LogP contribution in [0.25, 0.3) is 0 Å². The molecule has 0 atom stereocenters. The zero-order chi connectivity index (χ0) is 12.1. The largest absolute Gasteiger partial charge is 0.508 e. The summed E-state index contributed by atoms with van der Waals surface area (Å²) < 4.78 is 0. The summed E-state index contributed by atoms with van der Waals surface area (Å²) in [4.78, 5) is 11.8. The number of hydrogen-bond acceptors (Lipinski definition) is 3. The number of hydrogen-bond donors (Lipinski definition) is 3. The lowest BCUT2D eigenvalue weighted by molar-refractivity contribution is 0.0956. The molecule has 90 valence electrons. The monoisotopic (exact) mass is 232 g/mol. The predicted molar refractivity (Wildman–Crippen MR) is 66.0 cm³/mol. The molecule has 0 fully saturated rings. The lowest BCUT2D eigenvalue weighted by Crippen LogP contribution is -2.29. The van der Waals surface area contributed by atoms with Crippen LogP contribution in [0.5, 0.6) is 5.75 Å². The van der Waals surface area contributed by atoms with E-state index in [0.717, 1.165) is 19.5 Å². The van der Waals surface area contributed by atoms with E-state index in [0.29, 0.717) is 12.1 Å². The summed E-state index contributed by atoms with van der Waals surface area (Å²) in [6.45, 7) is 2.45. The Morgan fingerprint density at radius 2 is 2.12 bits per heavy atom. The van der Waals surface area contributed by atoms with E-state index in [2.05, 4.69) is 16.7 Å². The highest BCUT2D eigenvalue weighted by Crippen LogP contribution is 2.09. The highest BCUT2D eigenvalue weighted by molar-refractivity contribution is 5.94. The van der Waals surface area contributed by atoms with Crippen LogP contribution in [0, 0.1) is 0 Å². The molecule has 0 bridgehead atoms. The number of nitrogens with one attached hydrogen (secondary N) is 2. The summed E-state index contributed by atoms with van der Waals surface area (Å²) in [6, 6.07) is 6.25. The average Bonchev–Trinajstić information content (AvgIpc) is 2.38. The molecule has 4 heteroatoms. The van der Waals surface area contributed by atoms with E-state index in [-0.39, 0.29) is 11.7 Å². The quantitative estimate of drug-likeness (QED) is 0.682. The van der Waals surface area contributed by atoms with Gasteiger partial charge in [0.15, 0.2) is 0 Å². The van der Waals surface area contributed by atoms with E-state index in [4.69, 9.17) is 5.11 Å². The van der Waals surface area contributed by atoms with Crippen molar-refractivity contribution >= 4 is 5.91 Å². The molecule has 1 heterocycles. The summed E-state index contributed by atoms with van der Waals surface area (Å²) in [5.41, 5.74) is 1.83. The fraction of sp³-hybridized carbons (Fsp3) is 0.308. The van der Waals surface area contributed by atoms with Crippen molar-refractivity contribution in [1.29, 1.82) is 0 Å². The smallest absolute Gasteiger partial charge is 0.251 e. The zero-order valence-corrected chi connectivity index (χ0v) is 9.57. The van der Waals surface area contributed by atoms with Crippen LogP contribution in [0.2, 0.25) is 0 Å². The number of benzene rings is 1. The second-order valence-electron chi connectivity index (χ2n) is 4.05. The first-order valence-electron chi connectivity index (χ1n) is 5.71. The van der Waals surface area contributed by atoms with E-state index in [1.54, 1.807) is 12.1 Å². The van der Waals surface area contributed by atoms with E-state index >= 15 is 0 Å². The number of aromatic hydroxyl groups is 1. The molecule has 0 saturated heterocycles. The summed E-state index contributed by atoms with van der Waals surface area (Å²) in [5.74, 6) is 0.0621. The topological polar surface area (TPSA) is 61.4 Å². The van der Waals surface area contributed by atoms with E-state index in [9.17, 15) is 4.79 Å². The first-order valence-corrected chi connectivity index (χ1v) is 5.71. The lowest BCUT2D eigenvalue weighted by Gasteiger charge is -2.14. The fourth-order valence-corrected chi connectivity index (χ4v) is 1.74. The number of phenols is 1. The van der Waals surface area contributed by atoms with Gasteiger partial charge in [-0.25, -0.2) is 0 Å². The average molecular weight is 232 g/mol. The molecule has 0 unspecified atom stereocenters. The number of rotatable bonds is 3. The lowest BCUT2D eigenvalue weighted by atomic mass is 10.1. The van der Waals surface area contributed by atoms with Gasteiger partial charge in [-0.1, -0.05) is 11.6 Å². The molecule has 1 aliphatic rings. The Morgan fingerprint density at radius 3 is 2.76 bits per heavy atom. The minimum atomic E-state index is -0.107. The third-order valence-electron chi connectivity index (χ3n) is 2.76. The molecule has 4 nitrogen and oxygen atoms in total. The van der Waals surface area contributed by atoms with Gasteiger partial charge in [0.25, 0.3) is 5.91 Å². The van der Waals surface area contributed by atoms with Gasteiger partial charge in [0.2, 0.25) is 0 Å². The molecule has 1 amide bonds. The van der Waals surface area contributed by atoms with Crippen molar-refractivity contribution in [3.63, 3.8) is 0 Å². The zero-order valence-electron chi connectivity index (χ0n) is 9.57. The summed E-state index contributed by atoms with van der Waals surface area (Å²) in [7, 11) is 0. The van der Waals surface area contributed by atoms with Crippen LogP contribution in [-0.4, -0.2) is 30.6 Å². The van der Waals surface area contributed by atoms with Gasteiger partial charge in [0.1, 0.15) is 5.75 Å². The fourth-order valence-electron chi connectivity index (χ4n) is 1.74. The Balaban J connectivity index is 1.88. The maximum Gasteiger partial charge on any atom is 0.251 e. The van der Waals surface area contributed by atoms with E-state index < -0.39 is 0 Å². The van der Waals surface area contributed by atoms with Crippen LogP contribution < -0.4 is 10.6 Å². The van der Waals surface area contributed by atoms with Crippen molar-refractivity contribution in [2.24, 2.45) is 0 Å². The Labute approximate surface area is 100 Å². The van der Waals surface area contributed by atoms with E-state index in [1.165, 1.54) is 17.7 Å². The Morgan fingerprint density at radius 1 is 1.35 bits per heavy atom. The molecule has 1 aliphatic heterocycles. The number of phenolic OH excluding ortho intramolecular Hbond substituents is 1. The van der Waals surface area contributed by atoms with Crippen LogP contribution >= 0.6 is 0 Å². The SMILES string of the molecule is O=C(NCC1=CCNCC1)c1ccc(O)cc1. The molecular formula is C13H16N2O2. The van der Waals surface area contributed by atoms with Crippen molar-refractivity contribution in [3.05, 3.63) is 41.5 Å². The van der Waals surface area contributed by atoms with Gasteiger partial charge in [-0.3, -0.25) is 4.79 Å². The standard InChI is InChI=1S/C13H16N2O2/c16-12-3-1-11(2-4-12)13(17)15-9-10-5-7-14-8-6-10/h1-5,14,16H,6-9H2,(H,15,17). The minimum Gasteiger partial charge on any atom is -0.508 e. The number of carbonyl (C=O) groups excluding carboxylic acids is 1. The van der Waals surface area contributed by atoms with Crippen LogP contribution in [0.4, 0.5) is 0 Å². The van der Waals surface area contributed by atoms with Crippen molar-refractivity contribution < 1.29 is 9.90 Å². The molecule has 0 aromatic heterocycles. The molecule has 17 heavy (non-hydrogen) atoms. The number of carbonyl (C=O) groups is 1. The molecule has 1 aromatic carbocycles. The van der Waals surface area contributed by atoms with Crippen molar-refractivity contribution in [3.8, 4) is 5.75 Å².